The van der Waals surface area contributed by atoms with Gasteiger partial charge in [-0.05, 0) is 18.1 Å². The van der Waals surface area contributed by atoms with E-state index < -0.39 is 6.04 Å². The van der Waals surface area contributed by atoms with E-state index in [1.54, 1.807) is 0 Å². The van der Waals surface area contributed by atoms with Crippen LogP contribution in [0.4, 0.5) is 0 Å². The molecule has 0 radical (unpaired) electrons. The molecule has 0 aromatic heterocycles. The maximum absolute atomic E-state index is 13.1. The maximum atomic E-state index is 13.1. The molecule has 1 heterocycles. The lowest BCUT2D eigenvalue weighted by atomic mass is 10.1. The van der Waals surface area contributed by atoms with Crippen molar-refractivity contribution in [3.63, 3.8) is 0 Å². The minimum Gasteiger partial charge on any atom is -0.464 e. The van der Waals surface area contributed by atoms with Gasteiger partial charge < -0.3 is 9.64 Å². The summed E-state index contributed by atoms with van der Waals surface area (Å²) in [6.07, 6.45) is 4.03. The molecule has 0 N–H and O–H groups in total. The Labute approximate surface area is 183 Å². The minimum absolute atomic E-state index is 0.254. The highest BCUT2D eigenvalue weighted by molar-refractivity contribution is 6.03. The second-order valence-electron chi connectivity index (χ2n) is 7.39. The summed E-state index contributed by atoms with van der Waals surface area (Å²) >= 11 is 0. The standard InChI is InChI=1S/C27H26N2O2/c1-2-31-27(30)25-24(19-18-21-12-6-3-7-13-21)28-26(23-16-10-5-11-17-23)29(25)20-22-14-8-4-9-15-22/h3-19,24-25H,2,20H2,1H3/b19-18+/t24-,25+/m0/s1. The lowest BCUT2D eigenvalue weighted by Crippen LogP contribution is -2.45. The molecule has 4 nitrogen and oxygen atoms in total. The van der Waals surface area contributed by atoms with Crippen LogP contribution < -0.4 is 0 Å². The summed E-state index contributed by atoms with van der Waals surface area (Å²) in [5.74, 6) is 0.557. The number of carbonyl (C=O) groups is 1. The van der Waals surface area contributed by atoms with E-state index in [0.717, 1.165) is 22.5 Å². The normalized spacial score (nSPS) is 18.2. The van der Waals surface area contributed by atoms with Crippen LogP contribution in [0.3, 0.4) is 0 Å². The highest BCUT2D eigenvalue weighted by Gasteiger charge is 2.41. The minimum atomic E-state index is -0.518. The third-order valence-electron chi connectivity index (χ3n) is 5.24. The van der Waals surface area contributed by atoms with Crippen LogP contribution in [0.25, 0.3) is 6.08 Å². The quantitative estimate of drug-likeness (QED) is 0.517. The Morgan fingerprint density at radius 3 is 2.19 bits per heavy atom. The molecule has 4 rings (SSSR count). The molecule has 0 spiro atoms. The van der Waals surface area contributed by atoms with Crippen molar-refractivity contribution in [2.45, 2.75) is 25.6 Å². The molecular weight excluding hydrogens is 384 g/mol. The van der Waals surface area contributed by atoms with E-state index in [1.165, 1.54) is 0 Å². The van der Waals surface area contributed by atoms with Crippen molar-refractivity contribution in [3.05, 3.63) is 114 Å². The molecule has 0 aliphatic carbocycles. The van der Waals surface area contributed by atoms with Crippen LogP contribution in [-0.4, -0.2) is 35.4 Å². The average Bonchev–Trinajstić information content (AvgIpc) is 3.18. The molecule has 0 bridgehead atoms. The molecule has 0 saturated heterocycles. The number of amidine groups is 1. The van der Waals surface area contributed by atoms with E-state index in [1.807, 2.05) is 97.9 Å². The van der Waals surface area contributed by atoms with Crippen LogP contribution >= 0.6 is 0 Å². The fourth-order valence-electron chi connectivity index (χ4n) is 3.80. The first-order valence-corrected chi connectivity index (χ1v) is 10.6. The predicted octanol–water partition coefficient (Wildman–Crippen LogP) is 4.96. The summed E-state index contributed by atoms with van der Waals surface area (Å²) in [5, 5.41) is 0. The number of aliphatic imine (C=N–C) groups is 1. The highest BCUT2D eigenvalue weighted by atomic mass is 16.5. The van der Waals surface area contributed by atoms with Gasteiger partial charge in [0.15, 0.2) is 6.04 Å². The number of hydrogen-bond acceptors (Lipinski definition) is 4. The Morgan fingerprint density at radius 2 is 1.55 bits per heavy atom. The van der Waals surface area contributed by atoms with Crippen LogP contribution in [0.5, 0.6) is 0 Å². The zero-order chi connectivity index (χ0) is 21.5. The van der Waals surface area contributed by atoms with Crippen molar-refractivity contribution in [1.82, 2.24) is 4.90 Å². The van der Waals surface area contributed by atoms with Crippen LogP contribution in [0, 0.1) is 0 Å². The highest BCUT2D eigenvalue weighted by Crippen LogP contribution is 2.27. The Bertz CT molecular complexity index is 1050. The number of carbonyl (C=O) groups excluding carboxylic acids is 1. The van der Waals surface area contributed by atoms with Crippen molar-refractivity contribution in [1.29, 1.82) is 0 Å². The third kappa shape index (κ3) is 4.92. The summed E-state index contributed by atoms with van der Waals surface area (Å²) in [5.41, 5.74) is 3.18. The largest absolute Gasteiger partial charge is 0.464 e. The maximum Gasteiger partial charge on any atom is 0.331 e. The van der Waals surface area contributed by atoms with Gasteiger partial charge in [-0.1, -0.05) is 103 Å². The zero-order valence-corrected chi connectivity index (χ0v) is 17.6. The van der Waals surface area contributed by atoms with Gasteiger partial charge >= 0.3 is 5.97 Å². The lowest BCUT2D eigenvalue weighted by Gasteiger charge is -2.28. The number of ether oxygens (including phenoxy) is 1. The second-order valence-corrected chi connectivity index (χ2v) is 7.39. The molecule has 1 aliphatic heterocycles. The number of esters is 1. The van der Waals surface area contributed by atoms with Crippen LogP contribution in [0.1, 0.15) is 23.6 Å². The molecule has 0 saturated carbocycles. The van der Waals surface area contributed by atoms with Crippen molar-refractivity contribution in [2.75, 3.05) is 6.61 Å². The van der Waals surface area contributed by atoms with Crippen molar-refractivity contribution >= 4 is 17.9 Å². The van der Waals surface area contributed by atoms with Gasteiger partial charge in [-0.15, -0.1) is 0 Å². The van der Waals surface area contributed by atoms with E-state index in [-0.39, 0.29) is 12.0 Å². The monoisotopic (exact) mass is 410 g/mol. The molecule has 3 aromatic rings. The predicted molar refractivity (Wildman–Crippen MR) is 125 cm³/mol. The Kier molecular flexibility index (Phi) is 6.58. The third-order valence-corrected chi connectivity index (χ3v) is 5.24. The smallest absolute Gasteiger partial charge is 0.331 e. The van der Waals surface area contributed by atoms with E-state index in [0.29, 0.717) is 13.2 Å². The van der Waals surface area contributed by atoms with E-state index in [9.17, 15) is 4.79 Å². The molecule has 3 aromatic carbocycles. The van der Waals surface area contributed by atoms with Gasteiger partial charge in [0.2, 0.25) is 0 Å². The van der Waals surface area contributed by atoms with Gasteiger partial charge in [0, 0.05) is 12.1 Å². The summed E-state index contributed by atoms with van der Waals surface area (Å²) in [4.78, 5) is 20.1. The van der Waals surface area contributed by atoms with Gasteiger partial charge in [-0.2, -0.15) is 0 Å². The summed E-state index contributed by atoms with van der Waals surface area (Å²) in [6, 6.07) is 29.4. The first-order valence-electron chi connectivity index (χ1n) is 10.6. The van der Waals surface area contributed by atoms with Crippen LogP contribution in [-0.2, 0) is 16.1 Å². The summed E-state index contributed by atoms with van der Waals surface area (Å²) in [7, 11) is 0. The number of benzene rings is 3. The molecule has 31 heavy (non-hydrogen) atoms. The number of rotatable bonds is 7. The topological polar surface area (TPSA) is 41.9 Å². The summed E-state index contributed by atoms with van der Waals surface area (Å²) < 4.78 is 5.47. The van der Waals surface area contributed by atoms with Gasteiger partial charge in [-0.25, -0.2) is 4.79 Å². The van der Waals surface area contributed by atoms with Crippen LogP contribution in [0.15, 0.2) is 102 Å². The lowest BCUT2D eigenvalue weighted by molar-refractivity contribution is -0.148. The molecular formula is C27H26N2O2. The van der Waals surface area contributed by atoms with Crippen molar-refractivity contribution in [2.24, 2.45) is 4.99 Å². The second kappa shape index (κ2) is 9.90. The van der Waals surface area contributed by atoms with Gasteiger partial charge in [-0.3, -0.25) is 4.99 Å². The fourth-order valence-corrected chi connectivity index (χ4v) is 3.80. The first-order chi connectivity index (χ1) is 15.3. The Balaban J connectivity index is 1.73. The molecule has 1 aliphatic rings. The van der Waals surface area contributed by atoms with E-state index in [2.05, 4.69) is 17.0 Å². The molecule has 0 fully saturated rings. The summed E-state index contributed by atoms with van der Waals surface area (Å²) in [6.45, 7) is 2.75. The van der Waals surface area contributed by atoms with Crippen molar-refractivity contribution < 1.29 is 9.53 Å². The van der Waals surface area contributed by atoms with Crippen molar-refractivity contribution in [3.8, 4) is 0 Å². The molecule has 0 amide bonds. The number of nitrogens with zero attached hydrogens (tertiary/aromatic N) is 2. The average molecular weight is 411 g/mol. The van der Waals surface area contributed by atoms with Crippen LogP contribution in [0.2, 0.25) is 0 Å². The van der Waals surface area contributed by atoms with E-state index in [4.69, 9.17) is 9.73 Å². The Morgan fingerprint density at radius 1 is 0.935 bits per heavy atom. The molecule has 2 atom stereocenters. The fraction of sp³-hybridized carbons (Fsp3) is 0.185. The number of hydrogen-bond donors (Lipinski definition) is 0. The van der Waals surface area contributed by atoms with E-state index >= 15 is 0 Å². The Hall–Kier alpha value is -3.66. The SMILES string of the molecule is CCOC(=O)[C@H]1[C@H](/C=C/c2ccccc2)N=C(c2ccccc2)N1Cc1ccccc1. The van der Waals surface area contributed by atoms with Gasteiger partial charge in [0.1, 0.15) is 11.9 Å². The molecule has 156 valence electrons. The van der Waals surface area contributed by atoms with Gasteiger partial charge in [0.25, 0.3) is 0 Å². The van der Waals surface area contributed by atoms with Gasteiger partial charge in [0.05, 0.1) is 6.61 Å². The molecule has 0 unspecified atom stereocenters. The molecule has 4 heteroatoms. The zero-order valence-electron chi connectivity index (χ0n) is 17.6. The first kappa shape index (κ1) is 20.6.